The van der Waals surface area contributed by atoms with Crippen molar-refractivity contribution in [3.63, 3.8) is 0 Å². The molecule has 1 N–H and O–H groups in total. The first-order chi connectivity index (χ1) is 12.7. The van der Waals surface area contributed by atoms with E-state index in [1.807, 2.05) is 48.5 Å². The number of hydrogen-bond acceptors (Lipinski definition) is 4. The zero-order valence-electron chi connectivity index (χ0n) is 14.3. The number of fused-ring (bicyclic) bond motifs is 1. The molecule has 26 heavy (non-hydrogen) atoms. The van der Waals surface area contributed by atoms with E-state index in [9.17, 15) is 9.59 Å². The van der Waals surface area contributed by atoms with Crippen molar-refractivity contribution in [3.05, 3.63) is 59.7 Å². The van der Waals surface area contributed by atoms with E-state index in [-0.39, 0.29) is 30.9 Å². The number of ether oxygens (including phenoxy) is 2. The summed E-state index contributed by atoms with van der Waals surface area (Å²) in [6.07, 6.45) is 0.264. The Bertz CT molecular complexity index is 822. The van der Waals surface area contributed by atoms with Crippen LogP contribution in [0.4, 0.5) is 0 Å². The van der Waals surface area contributed by atoms with Gasteiger partial charge in [0.15, 0.2) is 11.5 Å². The maximum absolute atomic E-state index is 12.5. The highest BCUT2D eigenvalue weighted by atomic mass is 16.7. The van der Waals surface area contributed by atoms with Crippen molar-refractivity contribution in [3.8, 4) is 11.5 Å². The molecular weight excluding hydrogens is 332 g/mol. The second-order valence-corrected chi connectivity index (χ2v) is 6.57. The van der Waals surface area contributed by atoms with E-state index >= 15 is 0 Å². The fourth-order valence-electron chi connectivity index (χ4n) is 3.29. The highest BCUT2D eigenvalue weighted by Crippen LogP contribution is 2.32. The van der Waals surface area contributed by atoms with Gasteiger partial charge in [0, 0.05) is 26.1 Å². The number of nitrogens with one attached hydrogen (secondary N) is 1. The molecule has 0 bridgehead atoms. The van der Waals surface area contributed by atoms with Crippen molar-refractivity contribution in [2.75, 3.05) is 13.3 Å². The number of amides is 2. The molecule has 0 saturated carbocycles. The summed E-state index contributed by atoms with van der Waals surface area (Å²) in [5, 5.41) is 2.92. The van der Waals surface area contributed by atoms with Crippen LogP contribution in [0.25, 0.3) is 0 Å². The fourth-order valence-corrected chi connectivity index (χ4v) is 3.29. The lowest BCUT2D eigenvalue weighted by molar-refractivity contribution is -0.129. The van der Waals surface area contributed by atoms with E-state index in [2.05, 4.69) is 5.32 Å². The molecule has 4 rings (SSSR count). The number of hydrogen-bond donors (Lipinski definition) is 1. The molecule has 0 aliphatic carbocycles. The first-order valence-corrected chi connectivity index (χ1v) is 8.67. The Labute approximate surface area is 151 Å². The molecule has 2 heterocycles. The van der Waals surface area contributed by atoms with E-state index < -0.39 is 0 Å². The van der Waals surface area contributed by atoms with Gasteiger partial charge in [0.25, 0.3) is 0 Å². The molecule has 1 atom stereocenters. The molecule has 0 spiro atoms. The molecule has 2 aromatic carbocycles. The maximum Gasteiger partial charge on any atom is 0.231 e. The quantitative estimate of drug-likeness (QED) is 0.895. The van der Waals surface area contributed by atoms with Crippen LogP contribution in [-0.2, 0) is 22.7 Å². The smallest absolute Gasteiger partial charge is 0.231 e. The molecule has 6 nitrogen and oxygen atoms in total. The van der Waals surface area contributed by atoms with Gasteiger partial charge in [-0.05, 0) is 23.3 Å². The highest BCUT2D eigenvalue weighted by Gasteiger charge is 2.34. The van der Waals surface area contributed by atoms with Gasteiger partial charge in [-0.3, -0.25) is 9.59 Å². The number of carbonyl (C=O) groups excluding carboxylic acids is 2. The molecule has 134 valence electrons. The predicted molar refractivity (Wildman–Crippen MR) is 94.4 cm³/mol. The Morgan fingerprint density at radius 1 is 1.08 bits per heavy atom. The van der Waals surface area contributed by atoms with E-state index in [4.69, 9.17) is 9.47 Å². The predicted octanol–water partition coefficient (Wildman–Crippen LogP) is 2.08. The van der Waals surface area contributed by atoms with Crippen molar-refractivity contribution in [1.82, 2.24) is 10.2 Å². The van der Waals surface area contributed by atoms with Crippen molar-refractivity contribution in [2.24, 2.45) is 5.92 Å². The average Bonchev–Trinajstić information content (AvgIpc) is 3.27. The van der Waals surface area contributed by atoms with Crippen LogP contribution in [0.3, 0.4) is 0 Å². The van der Waals surface area contributed by atoms with Crippen molar-refractivity contribution < 1.29 is 19.1 Å². The molecule has 2 aliphatic heterocycles. The maximum atomic E-state index is 12.5. The highest BCUT2D eigenvalue weighted by molar-refractivity contribution is 5.89. The monoisotopic (exact) mass is 352 g/mol. The van der Waals surface area contributed by atoms with Crippen molar-refractivity contribution in [1.29, 1.82) is 0 Å². The van der Waals surface area contributed by atoms with E-state index in [1.54, 1.807) is 4.90 Å². The second kappa shape index (κ2) is 7.07. The van der Waals surface area contributed by atoms with Crippen molar-refractivity contribution in [2.45, 2.75) is 19.5 Å². The van der Waals surface area contributed by atoms with Gasteiger partial charge in [0.1, 0.15) is 0 Å². The summed E-state index contributed by atoms with van der Waals surface area (Å²) in [5.74, 6) is 1.05. The Balaban J connectivity index is 1.32. The van der Waals surface area contributed by atoms with Gasteiger partial charge in [-0.2, -0.15) is 0 Å². The Kier molecular flexibility index (Phi) is 4.48. The molecule has 0 radical (unpaired) electrons. The SMILES string of the molecule is O=C(NCc1ccc2c(c1)OCO2)[C@H]1CC(=O)N(Cc2ccccc2)C1. The van der Waals surface area contributed by atoms with Gasteiger partial charge in [-0.25, -0.2) is 0 Å². The summed E-state index contributed by atoms with van der Waals surface area (Å²) >= 11 is 0. The topological polar surface area (TPSA) is 67.9 Å². The Morgan fingerprint density at radius 2 is 1.88 bits per heavy atom. The fraction of sp³-hybridized carbons (Fsp3) is 0.300. The lowest BCUT2D eigenvalue weighted by Crippen LogP contribution is -2.32. The first-order valence-electron chi connectivity index (χ1n) is 8.67. The Morgan fingerprint density at radius 3 is 2.73 bits per heavy atom. The Hall–Kier alpha value is -3.02. The lowest BCUT2D eigenvalue weighted by Gasteiger charge is -2.16. The summed E-state index contributed by atoms with van der Waals surface area (Å²) in [7, 11) is 0. The average molecular weight is 352 g/mol. The standard InChI is InChI=1S/C20H20N2O4/c23-19-9-16(12-22(19)11-14-4-2-1-3-5-14)20(24)21-10-15-6-7-17-18(8-15)26-13-25-17/h1-8,16H,9-13H2,(H,21,24)/t16-/m0/s1. The third kappa shape index (κ3) is 3.49. The van der Waals surface area contributed by atoms with Crippen LogP contribution in [-0.4, -0.2) is 30.1 Å². The molecule has 1 fully saturated rings. The van der Waals surface area contributed by atoms with Gasteiger partial charge in [0.2, 0.25) is 18.6 Å². The van der Waals surface area contributed by atoms with Gasteiger partial charge >= 0.3 is 0 Å². The molecule has 2 aromatic rings. The zero-order valence-corrected chi connectivity index (χ0v) is 14.3. The minimum atomic E-state index is -0.305. The summed E-state index contributed by atoms with van der Waals surface area (Å²) < 4.78 is 10.6. The summed E-state index contributed by atoms with van der Waals surface area (Å²) in [5.41, 5.74) is 2.01. The lowest BCUT2D eigenvalue weighted by atomic mass is 10.1. The van der Waals surface area contributed by atoms with Crippen LogP contribution in [0.5, 0.6) is 11.5 Å². The summed E-state index contributed by atoms with van der Waals surface area (Å²) in [6.45, 7) is 1.64. The second-order valence-electron chi connectivity index (χ2n) is 6.57. The third-order valence-corrected chi connectivity index (χ3v) is 4.71. The number of likely N-dealkylation sites (tertiary alicyclic amines) is 1. The van der Waals surface area contributed by atoms with Gasteiger partial charge in [-0.15, -0.1) is 0 Å². The van der Waals surface area contributed by atoms with Crippen LogP contribution in [0.15, 0.2) is 48.5 Å². The largest absolute Gasteiger partial charge is 0.454 e. The number of nitrogens with zero attached hydrogens (tertiary/aromatic N) is 1. The van der Waals surface area contributed by atoms with E-state index in [0.29, 0.717) is 25.4 Å². The molecular formula is C20H20N2O4. The molecule has 0 aromatic heterocycles. The molecule has 0 unspecified atom stereocenters. The van der Waals surface area contributed by atoms with Crippen LogP contribution >= 0.6 is 0 Å². The summed E-state index contributed by atoms with van der Waals surface area (Å²) in [6, 6.07) is 15.4. The van der Waals surface area contributed by atoms with Crippen LogP contribution in [0.2, 0.25) is 0 Å². The normalized spacial score (nSPS) is 18.2. The minimum absolute atomic E-state index is 0.0251. The van der Waals surface area contributed by atoms with Gasteiger partial charge in [-0.1, -0.05) is 36.4 Å². The molecule has 1 saturated heterocycles. The molecule has 2 aliphatic rings. The third-order valence-electron chi connectivity index (χ3n) is 4.71. The molecule has 6 heteroatoms. The van der Waals surface area contributed by atoms with Crippen LogP contribution in [0, 0.1) is 5.92 Å². The van der Waals surface area contributed by atoms with Gasteiger partial charge in [0.05, 0.1) is 5.92 Å². The number of carbonyl (C=O) groups is 2. The van der Waals surface area contributed by atoms with Crippen LogP contribution in [0.1, 0.15) is 17.5 Å². The van der Waals surface area contributed by atoms with Gasteiger partial charge < -0.3 is 19.7 Å². The first kappa shape index (κ1) is 16.4. The minimum Gasteiger partial charge on any atom is -0.454 e. The summed E-state index contributed by atoms with van der Waals surface area (Å²) in [4.78, 5) is 26.4. The van der Waals surface area contributed by atoms with Crippen molar-refractivity contribution >= 4 is 11.8 Å². The van der Waals surface area contributed by atoms with Crippen LogP contribution < -0.4 is 14.8 Å². The number of rotatable bonds is 5. The van der Waals surface area contributed by atoms with E-state index in [1.165, 1.54) is 0 Å². The van der Waals surface area contributed by atoms with E-state index in [0.717, 1.165) is 16.9 Å². The molecule has 2 amide bonds. The zero-order chi connectivity index (χ0) is 17.9. The number of benzene rings is 2.